The molecule has 2 amide bonds. The van der Waals surface area contributed by atoms with Crippen LogP contribution in [0.5, 0.6) is 11.8 Å². The Morgan fingerprint density at radius 3 is 2.48 bits per heavy atom. The number of carbonyl (C=O) groups excluding carboxylic acids is 2. The van der Waals surface area contributed by atoms with Crippen LogP contribution in [-0.4, -0.2) is 64.0 Å². The molecule has 1 N–H and O–H groups in total. The molecule has 11 nitrogen and oxygen atoms in total. The van der Waals surface area contributed by atoms with Gasteiger partial charge >= 0.3 is 24.6 Å². The molecular weight excluding hydrogens is 556 g/mol. The molecule has 2 aromatic heterocycles. The Balaban J connectivity index is 1.49. The fourth-order valence-corrected chi connectivity index (χ4v) is 3.62. The lowest BCUT2D eigenvalue weighted by Crippen LogP contribution is -2.31. The van der Waals surface area contributed by atoms with E-state index >= 15 is 0 Å². The zero-order chi connectivity index (χ0) is 29.1. The van der Waals surface area contributed by atoms with E-state index < -0.39 is 59.3 Å². The lowest BCUT2D eigenvalue weighted by Gasteiger charge is -2.15. The van der Waals surface area contributed by atoms with Crippen molar-refractivity contribution in [1.29, 1.82) is 0 Å². The molecule has 1 saturated heterocycles. The Kier molecular flexibility index (Phi) is 8.01. The number of likely N-dealkylation sites (tertiary alicyclic amines) is 1. The minimum absolute atomic E-state index is 0.116. The molecule has 0 bridgehead atoms. The molecule has 17 heteroatoms. The molecule has 1 atom stereocenters. The van der Waals surface area contributed by atoms with Crippen molar-refractivity contribution in [2.24, 2.45) is 0 Å². The molecule has 4 rings (SSSR count). The number of hydrogen-bond donors (Lipinski definition) is 1. The third-order valence-corrected chi connectivity index (χ3v) is 5.27. The van der Waals surface area contributed by atoms with Gasteiger partial charge in [-0.3, -0.25) is 4.79 Å². The summed E-state index contributed by atoms with van der Waals surface area (Å²) in [4.78, 5) is 37.2. The molecule has 40 heavy (non-hydrogen) atoms. The molecule has 0 aliphatic carbocycles. The summed E-state index contributed by atoms with van der Waals surface area (Å²) in [7, 11) is 0. The first kappa shape index (κ1) is 28.4. The number of nitrogens with zero attached hydrogens (tertiary/aromatic N) is 4. The third kappa shape index (κ3) is 6.89. The average Bonchev–Trinajstić information content (AvgIpc) is 3.53. The highest BCUT2D eigenvalue weighted by atomic mass is 19.4. The minimum atomic E-state index is -5.22. The summed E-state index contributed by atoms with van der Waals surface area (Å²) in [6.07, 6.45) is -8.70. The first-order valence-corrected chi connectivity index (χ1v) is 11.5. The van der Waals surface area contributed by atoms with E-state index in [0.29, 0.717) is 13.0 Å². The summed E-state index contributed by atoms with van der Waals surface area (Å²) in [5, 5.41) is 2.12. The fraction of sp³-hybridized carbons (Fsp3) is 0.348. The van der Waals surface area contributed by atoms with Gasteiger partial charge in [0.05, 0.1) is 36.8 Å². The molecule has 3 aromatic rings. The monoisotopic (exact) mass is 575 g/mol. The van der Waals surface area contributed by atoms with Crippen molar-refractivity contribution in [1.82, 2.24) is 19.9 Å². The summed E-state index contributed by atoms with van der Waals surface area (Å²) >= 11 is 0. The number of oxazole rings is 1. The van der Waals surface area contributed by atoms with E-state index in [-0.39, 0.29) is 24.8 Å². The number of benzene rings is 1. The Morgan fingerprint density at radius 2 is 1.82 bits per heavy atom. The predicted octanol–water partition coefficient (Wildman–Crippen LogP) is 4.91. The van der Waals surface area contributed by atoms with Gasteiger partial charge in [-0.1, -0.05) is 12.1 Å². The summed E-state index contributed by atoms with van der Waals surface area (Å²) in [6.45, 7) is 2.52. The first-order valence-electron chi connectivity index (χ1n) is 11.5. The van der Waals surface area contributed by atoms with Gasteiger partial charge in [-0.05, 0) is 19.1 Å². The van der Waals surface area contributed by atoms with E-state index in [1.54, 1.807) is 6.92 Å². The van der Waals surface area contributed by atoms with E-state index in [4.69, 9.17) is 9.47 Å². The lowest BCUT2D eigenvalue weighted by molar-refractivity contribution is -0.274. The second-order valence-corrected chi connectivity index (χ2v) is 8.12. The highest BCUT2D eigenvalue weighted by Gasteiger charge is 2.42. The van der Waals surface area contributed by atoms with Crippen molar-refractivity contribution >= 4 is 17.7 Å². The predicted molar refractivity (Wildman–Crippen MR) is 121 cm³/mol. The van der Waals surface area contributed by atoms with Gasteiger partial charge in [0, 0.05) is 13.0 Å². The Hall–Kier alpha value is -4.57. The van der Waals surface area contributed by atoms with Gasteiger partial charge < -0.3 is 28.8 Å². The van der Waals surface area contributed by atoms with Gasteiger partial charge in [-0.15, -0.1) is 13.2 Å². The molecule has 0 saturated carbocycles. The van der Waals surface area contributed by atoms with E-state index in [1.165, 1.54) is 11.0 Å². The second kappa shape index (κ2) is 11.3. The number of para-hydroxylation sites is 1. The van der Waals surface area contributed by atoms with Crippen LogP contribution >= 0.6 is 0 Å². The van der Waals surface area contributed by atoms with Crippen molar-refractivity contribution in [2.75, 3.05) is 25.0 Å². The van der Waals surface area contributed by atoms with E-state index in [1.807, 2.05) is 0 Å². The van der Waals surface area contributed by atoms with Gasteiger partial charge in [-0.2, -0.15) is 13.2 Å². The Morgan fingerprint density at radius 1 is 1.12 bits per heavy atom. The van der Waals surface area contributed by atoms with E-state index in [9.17, 15) is 35.9 Å². The Bertz CT molecular complexity index is 1360. The molecule has 0 radical (unpaired) electrons. The molecule has 214 valence electrons. The van der Waals surface area contributed by atoms with Gasteiger partial charge in [0.2, 0.25) is 11.7 Å². The molecule has 3 heterocycles. The van der Waals surface area contributed by atoms with Crippen LogP contribution in [0.15, 0.2) is 41.1 Å². The number of alkyl halides is 6. The largest absolute Gasteiger partial charge is 0.573 e. The van der Waals surface area contributed by atoms with Crippen molar-refractivity contribution in [3.63, 3.8) is 0 Å². The number of halogens is 6. The van der Waals surface area contributed by atoms with Crippen LogP contribution in [0.3, 0.4) is 0 Å². The number of nitrogens with one attached hydrogen (secondary N) is 1. The molecule has 0 spiro atoms. The molecule has 0 unspecified atom stereocenters. The zero-order valence-electron chi connectivity index (χ0n) is 20.4. The van der Waals surface area contributed by atoms with E-state index in [0.717, 1.165) is 30.6 Å². The minimum Gasteiger partial charge on any atom is -0.458 e. The SMILES string of the molecule is CCOC(=O)N1CC[C@H](Oc2ncc(NC(=O)c3nc(-c4ccccc4OC(F)(F)F)oc3C(F)(F)F)cn2)C1. The number of ether oxygens (including phenoxy) is 3. The summed E-state index contributed by atoms with van der Waals surface area (Å²) in [5.41, 5.74) is -1.95. The maximum Gasteiger partial charge on any atom is 0.573 e. The van der Waals surface area contributed by atoms with Gasteiger partial charge in [0.25, 0.3) is 5.91 Å². The quantitative estimate of drug-likeness (QED) is 0.391. The number of anilines is 1. The van der Waals surface area contributed by atoms with Gasteiger partial charge in [0.1, 0.15) is 11.9 Å². The maximum atomic E-state index is 13.6. The van der Waals surface area contributed by atoms with Gasteiger partial charge in [-0.25, -0.2) is 19.7 Å². The average molecular weight is 575 g/mol. The van der Waals surface area contributed by atoms with Crippen molar-refractivity contribution in [2.45, 2.75) is 32.0 Å². The fourth-order valence-electron chi connectivity index (χ4n) is 3.62. The number of hydrogen-bond acceptors (Lipinski definition) is 9. The van der Waals surface area contributed by atoms with Crippen LogP contribution in [0.2, 0.25) is 0 Å². The highest BCUT2D eigenvalue weighted by Crippen LogP contribution is 2.39. The van der Waals surface area contributed by atoms with Crippen LogP contribution in [0.1, 0.15) is 29.6 Å². The van der Waals surface area contributed by atoms with Crippen molar-refractivity contribution < 1.29 is 54.6 Å². The van der Waals surface area contributed by atoms with Crippen molar-refractivity contribution in [3.05, 3.63) is 48.1 Å². The maximum absolute atomic E-state index is 13.6. The lowest BCUT2D eigenvalue weighted by atomic mass is 10.2. The number of aromatic nitrogens is 3. The second-order valence-electron chi connectivity index (χ2n) is 8.12. The van der Waals surface area contributed by atoms with Crippen molar-refractivity contribution in [3.8, 4) is 23.2 Å². The highest BCUT2D eigenvalue weighted by molar-refractivity contribution is 6.03. The van der Waals surface area contributed by atoms with Crippen LogP contribution in [0.25, 0.3) is 11.5 Å². The first-order chi connectivity index (χ1) is 18.8. The van der Waals surface area contributed by atoms with Gasteiger partial charge in [0.15, 0.2) is 5.69 Å². The van der Waals surface area contributed by atoms with Crippen LogP contribution < -0.4 is 14.8 Å². The normalized spacial score (nSPS) is 15.6. The number of amides is 2. The molecule has 1 fully saturated rings. The molecule has 1 aromatic carbocycles. The standard InChI is InChI=1S/C23H19F6N5O6/c1-2-37-21(36)34-8-7-13(11-34)38-20-30-9-12(10-31-20)32-18(35)16-17(22(24,25)26)39-19(33-16)14-5-3-4-6-15(14)40-23(27,28)29/h3-6,9-10,13H,2,7-8,11H2,1H3,(H,32,35)/t13-/m0/s1. The van der Waals surface area contributed by atoms with Crippen LogP contribution in [0.4, 0.5) is 36.8 Å². The molecule has 1 aliphatic rings. The smallest absolute Gasteiger partial charge is 0.458 e. The van der Waals surface area contributed by atoms with Crippen LogP contribution in [-0.2, 0) is 10.9 Å². The summed E-state index contributed by atoms with van der Waals surface area (Å²) in [6, 6.07) is 4.09. The summed E-state index contributed by atoms with van der Waals surface area (Å²) < 4.78 is 98.1. The molecular formula is C23H19F6N5O6. The third-order valence-electron chi connectivity index (χ3n) is 5.27. The number of rotatable bonds is 7. The molecule has 1 aliphatic heterocycles. The Labute approximate surface area is 221 Å². The van der Waals surface area contributed by atoms with Crippen LogP contribution in [0, 0.1) is 0 Å². The van der Waals surface area contributed by atoms with E-state index in [2.05, 4.69) is 29.4 Å². The zero-order valence-corrected chi connectivity index (χ0v) is 20.4. The topological polar surface area (TPSA) is 129 Å². The summed E-state index contributed by atoms with van der Waals surface area (Å²) in [5.74, 6) is -5.04. The number of carbonyl (C=O) groups is 2.